The van der Waals surface area contributed by atoms with Crippen LogP contribution < -0.4 is 5.48 Å². The minimum Gasteiger partial charge on any atom is -0.269 e. The third kappa shape index (κ3) is 3.40. The van der Waals surface area contributed by atoms with Crippen LogP contribution in [0.3, 0.4) is 0 Å². The Labute approximate surface area is 89.0 Å². The summed E-state index contributed by atoms with van der Waals surface area (Å²) in [6, 6.07) is 7.10. The van der Waals surface area contributed by atoms with Gasteiger partial charge in [0.2, 0.25) is 0 Å². The zero-order chi connectivity index (χ0) is 11.1. The Morgan fingerprint density at radius 2 is 2.27 bits per heavy atom. The number of rotatable bonds is 5. The molecule has 1 aromatic rings. The van der Waals surface area contributed by atoms with E-state index in [9.17, 15) is 4.79 Å². The molecule has 0 fully saturated rings. The second-order valence-electron chi connectivity index (χ2n) is 2.86. The summed E-state index contributed by atoms with van der Waals surface area (Å²) in [5.41, 5.74) is 3.74. The van der Waals surface area contributed by atoms with Gasteiger partial charge in [-0.25, -0.2) is 5.48 Å². The molecular formula is C12H13NO2. The third-order valence-corrected chi connectivity index (χ3v) is 1.75. The first-order chi connectivity index (χ1) is 7.27. The highest BCUT2D eigenvalue weighted by Crippen LogP contribution is 2.06. The van der Waals surface area contributed by atoms with Crippen molar-refractivity contribution in [3.05, 3.63) is 54.6 Å². The van der Waals surface area contributed by atoms with E-state index in [4.69, 9.17) is 4.84 Å². The van der Waals surface area contributed by atoms with Crippen LogP contribution in [0.5, 0.6) is 0 Å². The molecule has 1 rings (SSSR count). The Morgan fingerprint density at radius 3 is 2.93 bits per heavy atom. The van der Waals surface area contributed by atoms with E-state index in [1.807, 2.05) is 6.07 Å². The number of carbonyl (C=O) groups excluding carboxylic acids is 1. The van der Waals surface area contributed by atoms with Gasteiger partial charge in [0, 0.05) is 5.56 Å². The molecule has 15 heavy (non-hydrogen) atoms. The first-order valence-corrected chi connectivity index (χ1v) is 4.53. The van der Waals surface area contributed by atoms with E-state index in [0.717, 1.165) is 5.56 Å². The van der Waals surface area contributed by atoms with E-state index in [0.29, 0.717) is 5.56 Å². The third-order valence-electron chi connectivity index (χ3n) is 1.75. The van der Waals surface area contributed by atoms with Crippen LogP contribution in [0.1, 0.15) is 15.9 Å². The molecule has 0 bridgehead atoms. The lowest BCUT2D eigenvalue weighted by Crippen LogP contribution is -2.23. The highest BCUT2D eigenvalue weighted by Gasteiger charge is 2.04. The second-order valence-corrected chi connectivity index (χ2v) is 2.86. The molecule has 78 valence electrons. The van der Waals surface area contributed by atoms with Crippen molar-refractivity contribution in [3.63, 3.8) is 0 Å². The molecular weight excluding hydrogens is 190 g/mol. The Bertz CT molecular complexity index is 372. The Morgan fingerprint density at radius 1 is 1.47 bits per heavy atom. The van der Waals surface area contributed by atoms with Crippen molar-refractivity contribution in [2.75, 3.05) is 6.61 Å². The second kappa shape index (κ2) is 5.78. The number of amides is 1. The molecule has 3 nitrogen and oxygen atoms in total. The van der Waals surface area contributed by atoms with E-state index >= 15 is 0 Å². The molecule has 0 atom stereocenters. The zero-order valence-electron chi connectivity index (χ0n) is 8.40. The maximum absolute atomic E-state index is 11.5. The molecule has 3 heteroatoms. The van der Waals surface area contributed by atoms with Crippen LogP contribution >= 0.6 is 0 Å². The molecule has 1 amide bonds. The molecule has 0 radical (unpaired) electrons. The van der Waals surface area contributed by atoms with Crippen LogP contribution in [-0.2, 0) is 4.84 Å². The average molecular weight is 203 g/mol. The maximum Gasteiger partial charge on any atom is 0.274 e. The van der Waals surface area contributed by atoms with Gasteiger partial charge in [0.15, 0.2) is 0 Å². The lowest BCUT2D eigenvalue weighted by molar-refractivity contribution is 0.0421. The van der Waals surface area contributed by atoms with Gasteiger partial charge in [-0.2, -0.15) is 0 Å². The van der Waals surface area contributed by atoms with Crippen molar-refractivity contribution in [3.8, 4) is 0 Å². The molecule has 0 saturated heterocycles. The molecule has 0 aliphatic carbocycles. The standard InChI is InChI=1S/C12H13NO2/c1-3-8-15-13-12(14)11-7-5-6-10(4-2)9-11/h3-7,9H,1-2,8H2,(H,13,14). The fraction of sp³-hybridized carbons (Fsp3) is 0.0833. The van der Waals surface area contributed by atoms with Crippen LogP contribution in [0.2, 0.25) is 0 Å². The van der Waals surface area contributed by atoms with Crippen molar-refractivity contribution < 1.29 is 9.63 Å². The molecule has 0 aromatic heterocycles. The summed E-state index contributed by atoms with van der Waals surface area (Å²) in [6.45, 7) is 7.38. The Hall–Kier alpha value is -1.87. The van der Waals surface area contributed by atoms with E-state index in [-0.39, 0.29) is 12.5 Å². The van der Waals surface area contributed by atoms with Crippen LogP contribution in [0.4, 0.5) is 0 Å². The largest absolute Gasteiger partial charge is 0.274 e. The minimum absolute atomic E-state index is 0.277. The summed E-state index contributed by atoms with van der Waals surface area (Å²) < 4.78 is 0. The molecule has 0 unspecified atom stereocenters. The molecule has 0 aliphatic heterocycles. The topological polar surface area (TPSA) is 38.3 Å². The minimum atomic E-state index is -0.277. The molecule has 0 spiro atoms. The summed E-state index contributed by atoms with van der Waals surface area (Å²) in [6.07, 6.45) is 3.24. The summed E-state index contributed by atoms with van der Waals surface area (Å²) in [4.78, 5) is 16.3. The highest BCUT2D eigenvalue weighted by molar-refractivity contribution is 5.94. The quantitative estimate of drug-likeness (QED) is 0.452. The Kier molecular flexibility index (Phi) is 4.31. The number of hydrogen-bond acceptors (Lipinski definition) is 2. The van der Waals surface area contributed by atoms with Crippen molar-refractivity contribution in [2.45, 2.75) is 0 Å². The summed E-state index contributed by atoms with van der Waals surface area (Å²) >= 11 is 0. The predicted molar refractivity (Wildman–Crippen MR) is 60.1 cm³/mol. The highest BCUT2D eigenvalue weighted by atomic mass is 16.6. The van der Waals surface area contributed by atoms with Crippen LogP contribution in [-0.4, -0.2) is 12.5 Å². The van der Waals surface area contributed by atoms with Gasteiger partial charge in [-0.15, -0.1) is 6.58 Å². The molecule has 0 aliphatic rings. The van der Waals surface area contributed by atoms with Gasteiger partial charge >= 0.3 is 0 Å². The van der Waals surface area contributed by atoms with Crippen molar-refractivity contribution in [1.29, 1.82) is 0 Å². The van der Waals surface area contributed by atoms with Gasteiger partial charge in [-0.05, 0) is 17.7 Å². The smallest absolute Gasteiger partial charge is 0.269 e. The number of nitrogens with one attached hydrogen (secondary N) is 1. The number of benzene rings is 1. The lowest BCUT2D eigenvalue weighted by Gasteiger charge is -2.04. The summed E-state index contributed by atoms with van der Waals surface area (Å²) in [7, 11) is 0. The predicted octanol–water partition coefficient (Wildman–Crippen LogP) is 2.18. The summed E-state index contributed by atoms with van der Waals surface area (Å²) in [5.74, 6) is -0.277. The molecule has 0 heterocycles. The van der Waals surface area contributed by atoms with E-state index in [1.165, 1.54) is 0 Å². The molecule has 1 N–H and O–H groups in total. The normalized spacial score (nSPS) is 9.33. The molecule has 1 aromatic carbocycles. The first kappa shape index (κ1) is 11.2. The van der Waals surface area contributed by atoms with Gasteiger partial charge in [0.1, 0.15) is 0 Å². The van der Waals surface area contributed by atoms with Gasteiger partial charge < -0.3 is 0 Å². The number of hydrogen-bond donors (Lipinski definition) is 1. The van der Waals surface area contributed by atoms with Crippen molar-refractivity contribution in [2.24, 2.45) is 0 Å². The monoisotopic (exact) mass is 203 g/mol. The van der Waals surface area contributed by atoms with E-state index in [1.54, 1.807) is 30.4 Å². The fourth-order valence-electron chi connectivity index (χ4n) is 1.03. The van der Waals surface area contributed by atoms with Crippen LogP contribution in [0, 0.1) is 0 Å². The SMILES string of the molecule is C=CCONC(=O)c1cccc(C=C)c1. The zero-order valence-corrected chi connectivity index (χ0v) is 8.40. The van der Waals surface area contributed by atoms with Gasteiger partial charge in [-0.3, -0.25) is 9.63 Å². The number of carbonyl (C=O) groups is 1. The number of hydroxylamine groups is 1. The Balaban J connectivity index is 2.64. The van der Waals surface area contributed by atoms with Crippen molar-refractivity contribution >= 4 is 12.0 Å². The van der Waals surface area contributed by atoms with Gasteiger partial charge in [0.25, 0.3) is 5.91 Å². The van der Waals surface area contributed by atoms with E-state index in [2.05, 4.69) is 18.6 Å². The van der Waals surface area contributed by atoms with Crippen molar-refractivity contribution in [1.82, 2.24) is 5.48 Å². The van der Waals surface area contributed by atoms with Gasteiger partial charge in [-0.1, -0.05) is 30.9 Å². The van der Waals surface area contributed by atoms with E-state index < -0.39 is 0 Å². The van der Waals surface area contributed by atoms with Gasteiger partial charge in [0.05, 0.1) is 6.61 Å². The maximum atomic E-state index is 11.5. The fourth-order valence-corrected chi connectivity index (χ4v) is 1.03. The average Bonchev–Trinajstić information content (AvgIpc) is 2.29. The lowest BCUT2D eigenvalue weighted by atomic mass is 10.1. The molecule has 0 saturated carbocycles. The first-order valence-electron chi connectivity index (χ1n) is 4.53. The van der Waals surface area contributed by atoms with Crippen LogP contribution in [0.15, 0.2) is 43.5 Å². The summed E-state index contributed by atoms with van der Waals surface area (Å²) in [5, 5.41) is 0. The van der Waals surface area contributed by atoms with Crippen LogP contribution in [0.25, 0.3) is 6.08 Å².